The number of fused-ring (bicyclic) bond motifs is 1. The summed E-state index contributed by atoms with van der Waals surface area (Å²) in [6.45, 7) is 15.5. The highest BCUT2D eigenvalue weighted by Gasteiger charge is 2.71. The standard InChI is InChI=1S/C16H26N/c1-11(2)16(17-5)10-13-14(3)6-7-15(13,4)9-12(16)8-14/h5,11-13H,6-10H2,1-4H3/q+1. The van der Waals surface area contributed by atoms with Crippen molar-refractivity contribution in [3.05, 3.63) is 4.85 Å². The van der Waals surface area contributed by atoms with Crippen LogP contribution < -0.4 is 0 Å². The Hall–Kier alpha value is -0.510. The van der Waals surface area contributed by atoms with E-state index < -0.39 is 0 Å². The van der Waals surface area contributed by atoms with Crippen molar-refractivity contribution < 1.29 is 0 Å². The molecule has 0 aliphatic heterocycles. The van der Waals surface area contributed by atoms with Gasteiger partial charge < -0.3 is 0 Å². The van der Waals surface area contributed by atoms with E-state index in [9.17, 15) is 0 Å². The molecule has 0 saturated heterocycles. The zero-order valence-electron chi connectivity index (χ0n) is 11.8. The van der Waals surface area contributed by atoms with Crippen LogP contribution in [0.15, 0.2) is 0 Å². The Morgan fingerprint density at radius 3 is 1.94 bits per heavy atom. The van der Waals surface area contributed by atoms with Gasteiger partial charge in [0.25, 0.3) is 12.1 Å². The molecule has 4 saturated carbocycles. The third-order valence-electron chi connectivity index (χ3n) is 6.85. The van der Waals surface area contributed by atoms with Gasteiger partial charge in [-0.3, -0.25) is 0 Å². The maximum absolute atomic E-state index is 5.85. The molecule has 4 aliphatic rings. The van der Waals surface area contributed by atoms with Crippen molar-refractivity contribution in [3.63, 3.8) is 0 Å². The molecule has 4 bridgehead atoms. The summed E-state index contributed by atoms with van der Waals surface area (Å²) in [5.41, 5.74) is 1.29. The van der Waals surface area contributed by atoms with Gasteiger partial charge in [-0.1, -0.05) is 32.5 Å². The van der Waals surface area contributed by atoms with E-state index in [4.69, 9.17) is 6.57 Å². The van der Waals surface area contributed by atoms with Crippen molar-refractivity contribution in [2.45, 2.75) is 65.3 Å². The second kappa shape index (κ2) is 3.08. The largest absolute Gasteiger partial charge is 0.286 e. The molecule has 4 fully saturated rings. The molecule has 0 spiro atoms. The molecular formula is C16H26N+. The zero-order valence-corrected chi connectivity index (χ0v) is 11.8. The monoisotopic (exact) mass is 232 g/mol. The minimum Gasteiger partial charge on any atom is -0.0798 e. The lowest BCUT2D eigenvalue weighted by molar-refractivity contribution is -0.0825. The van der Waals surface area contributed by atoms with Crippen LogP contribution in [0.5, 0.6) is 0 Å². The van der Waals surface area contributed by atoms with Crippen LogP contribution in [0.2, 0.25) is 0 Å². The Bertz CT molecular complexity index is 373. The van der Waals surface area contributed by atoms with Gasteiger partial charge in [0.1, 0.15) is 0 Å². The highest BCUT2D eigenvalue weighted by atomic mass is 14.9. The second-order valence-corrected chi connectivity index (χ2v) is 7.94. The van der Waals surface area contributed by atoms with Crippen LogP contribution in [0.25, 0.3) is 4.85 Å². The Labute approximate surface area is 106 Å². The average molecular weight is 232 g/mol. The number of rotatable bonds is 1. The summed E-state index contributed by atoms with van der Waals surface area (Å²) in [6, 6.07) is 0. The van der Waals surface area contributed by atoms with Gasteiger partial charge in [-0.05, 0) is 42.4 Å². The minimum absolute atomic E-state index is 0.0913. The molecule has 0 radical (unpaired) electrons. The fourth-order valence-electron chi connectivity index (χ4n) is 5.80. The van der Waals surface area contributed by atoms with Crippen molar-refractivity contribution >= 4 is 0 Å². The van der Waals surface area contributed by atoms with Gasteiger partial charge >= 0.3 is 0 Å². The smallest absolute Gasteiger partial charge is 0.0798 e. The highest BCUT2D eigenvalue weighted by Crippen LogP contribution is 2.72. The van der Waals surface area contributed by atoms with Gasteiger partial charge in [-0.2, -0.15) is 0 Å². The Kier molecular flexibility index (Phi) is 2.10. The summed E-state index contributed by atoms with van der Waals surface area (Å²) in [6.07, 6.45) is 6.85. The van der Waals surface area contributed by atoms with Crippen molar-refractivity contribution in [1.82, 2.24) is 0 Å². The molecular weight excluding hydrogens is 206 g/mol. The maximum Gasteiger partial charge on any atom is 0.286 e. The first kappa shape index (κ1) is 11.6. The Morgan fingerprint density at radius 2 is 1.59 bits per heavy atom. The third kappa shape index (κ3) is 1.20. The van der Waals surface area contributed by atoms with E-state index in [-0.39, 0.29) is 5.54 Å². The molecule has 0 N–H and O–H groups in total. The van der Waals surface area contributed by atoms with Gasteiger partial charge in [0.05, 0.1) is 0 Å². The van der Waals surface area contributed by atoms with E-state index in [1.54, 1.807) is 0 Å². The van der Waals surface area contributed by atoms with Crippen LogP contribution in [0.4, 0.5) is 0 Å². The molecule has 3 unspecified atom stereocenters. The summed E-state index contributed by atoms with van der Waals surface area (Å²) in [4.78, 5) is 4.42. The first-order valence-electron chi connectivity index (χ1n) is 7.28. The number of nitrogens with zero attached hydrogens (tertiary/aromatic N) is 1. The van der Waals surface area contributed by atoms with Crippen molar-refractivity contribution in [2.24, 2.45) is 28.6 Å². The molecule has 1 heteroatoms. The van der Waals surface area contributed by atoms with E-state index in [1.165, 1.54) is 32.1 Å². The first-order valence-corrected chi connectivity index (χ1v) is 7.28. The summed E-state index contributed by atoms with van der Waals surface area (Å²) in [5.74, 6) is 2.18. The molecule has 0 aromatic carbocycles. The molecule has 4 rings (SSSR count). The first-order chi connectivity index (χ1) is 7.86. The molecule has 94 valence electrons. The fourth-order valence-corrected chi connectivity index (χ4v) is 5.80. The lowest BCUT2D eigenvalue weighted by atomic mass is 9.45. The fraction of sp³-hybridized carbons (Fsp3) is 0.938. The van der Waals surface area contributed by atoms with E-state index in [1.807, 2.05) is 0 Å². The van der Waals surface area contributed by atoms with Crippen molar-refractivity contribution in [1.29, 1.82) is 0 Å². The molecule has 3 atom stereocenters. The van der Waals surface area contributed by atoms with Gasteiger partial charge in [0.15, 0.2) is 0 Å². The quantitative estimate of drug-likeness (QED) is 0.623. The van der Waals surface area contributed by atoms with E-state index >= 15 is 0 Å². The van der Waals surface area contributed by atoms with E-state index in [0.29, 0.717) is 16.7 Å². The molecule has 4 aliphatic carbocycles. The Balaban J connectivity index is 2.04. The minimum atomic E-state index is 0.0913. The van der Waals surface area contributed by atoms with Crippen LogP contribution in [0.3, 0.4) is 0 Å². The van der Waals surface area contributed by atoms with Gasteiger partial charge in [-0.25, -0.2) is 0 Å². The molecule has 1 nitrogen and oxygen atoms in total. The normalized spacial score (nSPS) is 56.2. The van der Waals surface area contributed by atoms with Crippen molar-refractivity contribution in [2.75, 3.05) is 0 Å². The van der Waals surface area contributed by atoms with Crippen LogP contribution in [-0.2, 0) is 0 Å². The zero-order chi connectivity index (χ0) is 12.5. The summed E-state index contributed by atoms with van der Waals surface area (Å²) in [5, 5.41) is 0. The third-order valence-corrected chi connectivity index (χ3v) is 6.85. The van der Waals surface area contributed by atoms with Crippen LogP contribution in [0.1, 0.15) is 59.8 Å². The molecule has 0 aromatic rings. The predicted octanol–water partition coefficient (Wildman–Crippen LogP) is 4.58. The highest BCUT2D eigenvalue weighted by molar-refractivity contribution is 5.22. The summed E-state index contributed by atoms with van der Waals surface area (Å²) < 4.78 is 0. The Morgan fingerprint density at radius 1 is 1.06 bits per heavy atom. The van der Waals surface area contributed by atoms with Crippen LogP contribution in [-0.4, -0.2) is 5.54 Å². The van der Waals surface area contributed by atoms with Crippen molar-refractivity contribution in [3.8, 4) is 6.57 Å². The topological polar surface area (TPSA) is 4.36 Å². The average Bonchev–Trinajstić information content (AvgIpc) is 2.42. The van der Waals surface area contributed by atoms with Gasteiger partial charge in [0, 0.05) is 18.3 Å². The molecule has 0 heterocycles. The summed E-state index contributed by atoms with van der Waals surface area (Å²) >= 11 is 0. The number of hydrogen-bond acceptors (Lipinski definition) is 0. The van der Waals surface area contributed by atoms with Gasteiger partial charge in [-0.15, -0.1) is 0 Å². The SMILES string of the molecule is C#[N+]C1(C(C)C)CC2C3(C)CCC2(C)CC1C3. The van der Waals surface area contributed by atoms with Crippen LogP contribution in [0, 0.1) is 35.2 Å². The van der Waals surface area contributed by atoms with Crippen LogP contribution >= 0.6 is 0 Å². The second-order valence-electron chi connectivity index (χ2n) is 7.94. The lowest BCUT2D eigenvalue weighted by Crippen LogP contribution is -2.58. The number of hydrogen-bond donors (Lipinski definition) is 0. The molecule has 17 heavy (non-hydrogen) atoms. The summed E-state index contributed by atoms with van der Waals surface area (Å²) in [7, 11) is 0. The molecule has 0 aromatic heterocycles. The van der Waals surface area contributed by atoms with E-state index in [2.05, 4.69) is 32.5 Å². The van der Waals surface area contributed by atoms with E-state index in [0.717, 1.165) is 11.8 Å². The predicted molar refractivity (Wildman–Crippen MR) is 72.2 cm³/mol. The lowest BCUT2D eigenvalue weighted by Gasteiger charge is -2.56. The molecule has 0 amide bonds. The van der Waals surface area contributed by atoms with Gasteiger partial charge in [0.2, 0.25) is 0 Å². The maximum atomic E-state index is 5.85.